The number of aromatic amines is 1. The van der Waals surface area contributed by atoms with E-state index < -0.39 is 0 Å². The van der Waals surface area contributed by atoms with Gasteiger partial charge in [-0.3, -0.25) is 0 Å². The second kappa shape index (κ2) is 3.34. The molecule has 0 saturated carbocycles. The Morgan fingerprint density at radius 2 is 2.25 bits per heavy atom. The van der Waals surface area contributed by atoms with Crippen LogP contribution in [-0.2, 0) is 0 Å². The summed E-state index contributed by atoms with van der Waals surface area (Å²) in [6.45, 7) is 0. The lowest BCUT2D eigenvalue weighted by Gasteiger charge is -1.89. The summed E-state index contributed by atoms with van der Waals surface area (Å²) in [6.07, 6.45) is 1.57. The number of hydrogen-bond donors (Lipinski definition) is 2. The zero-order valence-corrected chi connectivity index (χ0v) is 9.65. The SMILES string of the molecule is Nc1cnc2nc(-c3ccc(Br)o3)[nH]c2c1. The molecule has 0 amide bonds. The summed E-state index contributed by atoms with van der Waals surface area (Å²) in [4.78, 5) is 11.5. The highest BCUT2D eigenvalue weighted by Gasteiger charge is 2.09. The molecule has 0 unspecified atom stereocenters. The van der Waals surface area contributed by atoms with Crippen molar-refractivity contribution < 1.29 is 4.42 Å². The molecule has 5 nitrogen and oxygen atoms in total. The Labute approximate surface area is 98.8 Å². The summed E-state index contributed by atoms with van der Waals surface area (Å²) < 4.78 is 6.06. The average Bonchev–Trinajstić information content (AvgIpc) is 2.83. The molecule has 0 aliphatic heterocycles. The highest BCUT2D eigenvalue weighted by Crippen LogP contribution is 2.24. The topological polar surface area (TPSA) is 80.7 Å². The van der Waals surface area contributed by atoms with Crippen molar-refractivity contribution in [1.29, 1.82) is 0 Å². The van der Waals surface area contributed by atoms with Crippen LogP contribution in [-0.4, -0.2) is 15.0 Å². The number of imidazole rings is 1. The maximum absolute atomic E-state index is 5.63. The Kier molecular flexibility index (Phi) is 1.97. The number of aromatic nitrogens is 3. The second-order valence-corrected chi connectivity index (χ2v) is 4.11. The molecule has 0 bridgehead atoms. The van der Waals surface area contributed by atoms with E-state index in [1.54, 1.807) is 12.3 Å². The molecule has 0 aromatic carbocycles. The normalized spacial score (nSPS) is 11.1. The molecular formula is C10H7BrN4O. The van der Waals surface area contributed by atoms with Crippen LogP contribution >= 0.6 is 15.9 Å². The second-order valence-electron chi connectivity index (χ2n) is 3.33. The van der Waals surface area contributed by atoms with Crippen LogP contribution in [0.4, 0.5) is 5.69 Å². The molecule has 3 rings (SSSR count). The molecule has 6 heteroatoms. The van der Waals surface area contributed by atoms with Crippen LogP contribution in [0.25, 0.3) is 22.7 Å². The van der Waals surface area contributed by atoms with Gasteiger partial charge in [0, 0.05) is 0 Å². The van der Waals surface area contributed by atoms with E-state index in [0.717, 1.165) is 5.52 Å². The van der Waals surface area contributed by atoms with E-state index in [4.69, 9.17) is 10.2 Å². The van der Waals surface area contributed by atoms with E-state index in [1.807, 2.05) is 12.1 Å². The third-order valence-corrected chi connectivity index (χ3v) is 2.59. The minimum absolute atomic E-state index is 0.600. The average molecular weight is 279 g/mol. The molecule has 0 saturated heterocycles. The van der Waals surface area contributed by atoms with Gasteiger partial charge in [0.25, 0.3) is 0 Å². The van der Waals surface area contributed by atoms with Crippen molar-refractivity contribution in [3.05, 3.63) is 29.1 Å². The van der Waals surface area contributed by atoms with Crippen molar-refractivity contribution in [2.75, 3.05) is 5.73 Å². The molecule has 80 valence electrons. The molecule has 3 aromatic heterocycles. The fourth-order valence-corrected chi connectivity index (χ4v) is 1.78. The van der Waals surface area contributed by atoms with Gasteiger partial charge in [-0.25, -0.2) is 9.97 Å². The predicted octanol–water partition coefficient (Wildman–Crippen LogP) is 2.56. The standard InChI is InChI=1S/C10H7BrN4O/c11-8-2-1-7(16-8)10-14-6-3-5(12)4-13-9(6)15-10/h1-4H,12H2,(H,13,14,15). The third-order valence-electron chi connectivity index (χ3n) is 2.17. The maximum Gasteiger partial charge on any atom is 0.178 e. The van der Waals surface area contributed by atoms with Gasteiger partial charge in [0.1, 0.15) is 0 Å². The first kappa shape index (κ1) is 9.41. The van der Waals surface area contributed by atoms with Crippen LogP contribution in [0.15, 0.2) is 33.5 Å². The molecule has 0 aliphatic carbocycles. The number of nitrogen functional groups attached to an aromatic ring is 1. The Bertz CT molecular complexity index is 658. The minimum Gasteiger partial charge on any atom is -0.446 e. The molecule has 3 N–H and O–H groups in total. The van der Waals surface area contributed by atoms with Crippen LogP contribution in [0, 0.1) is 0 Å². The molecule has 16 heavy (non-hydrogen) atoms. The molecule has 0 atom stereocenters. The lowest BCUT2D eigenvalue weighted by molar-refractivity contribution is 0.552. The minimum atomic E-state index is 0.600. The zero-order chi connectivity index (χ0) is 11.1. The number of fused-ring (bicyclic) bond motifs is 1. The van der Waals surface area contributed by atoms with E-state index in [2.05, 4.69) is 30.9 Å². The predicted molar refractivity (Wildman–Crippen MR) is 63.7 cm³/mol. The van der Waals surface area contributed by atoms with Gasteiger partial charge >= 0.3 is 0 Å². The van der Waals surface area contributed by atoms with Gasteiger partial charge in [0.15, 0.2) is 21.9 Å². The molecule has 0 fully saturated rings. The number of anilines is 1. The number of furan rings is 1. The van der Waals surface area contributed by atoms with Gasteiger partial charge in [-0.1, -0.05) is 0 Å². The smallest absolute Gasteiger partial charge is 0.178 e. The van der Waals surface area contributed by atoms with Gasteiger partial charge in [0.05, 0.1) is 17.4 Å². The Morgan fingerprint density at radius 1 is 1.38 bits per heavy atom. The van der Waals surface area contributed by atoms with Crippen LogP contribution in [0.1, 0.15) is 0 Å². The van der Waals surface area contributed by atoms with E-state index in [-0.39, 0.29) is 0 Å². The van der Waals surface area contributed by atoms with E-state index in [1.165, 1.54) is 0 Å². The van der Waals surface area contributed by atoms with Gasteiger partial charge in [-0.15, -0.1) is 0 Å². The number of halogens is 1. The van der Waals surface area contributed by atoms with Crippen LogP contribution in [0.3, 0.4) is 0 Å². The van der Waals surface area contributed by atoms with Gasteiger partial charge < -0.3 is 15.1 Å². The molecule has 0 radical (unpaired) electrons. The molecule has 0 aliphatic rings. The lowest BCUT2D eigenvalue weighted by Crippen LogP contribution is -1.85. The van der Waals surface area contributed by atoms with Crippen molar-refractivity contribution in [1.82, 2.24) is 15.0 Å². The van der Waals surface area contributed by atoms with Crippen molar-refractivity contribution >= 4 is 32.8 Å². The van der Waals surface area contributed by atoms with E-state index >= 15 is 0 Å². The summed E-state index contributed by atoms with van der Waals surface area (Å²) >= 11 is 3.24. The van der Waals surface area contributed by atoms with Crippen LogP contribution in [0.2, 0.25) is 0 Å². The highest BCUT2D eigenvalue weighted by atomic mass is 79.9. The van der Waals surface area contributed by atoms with Gasteiger partial charge in [-0.05, 0) is 34.1 Å². The zero-order valence-electron chi connectivity index (χ0n) is 8.07. The van der Waals surface area contributed by atoms with Crippen molar-refractivity contribution in [2.24, 2.45) is 0 Å². The number of nitrogens with zero attached hydrogens (tertiary/aromatic N) is 2. The van der Waals surface area contributed by atoms with Crippen molar-refractivity contribution in [3.63, 3.8) is 0 Å². The summed E-state index contributed by atoms with van der Waals surface area (Å²) in [5.41, 5.74) is 7.65. The quantitative estimate of drug-likeness (QED) is 0.717. The summed E-state index contributed by atoms with van der Waals surface area (Å²) in [5.74, 6) is 1.29. The molecule has 3 heterocycles. The monoisotopic (exact) mass is 278 g/mol. The number of nitrogens with one attached hydrogen (secondary N) is 1. The van der Waals surface area contributed by atoms with Crippen LogP contribution < -0.4 is 5.73 Å². The molecular weight excluding hydrogens is 272 g/mol. The number of pyridine rings is 1. The highest BCUT2D eigenvalue weighted by molar-refractivity contribution is 9.10. The van der Waals surface area contributed by atoms with E-state index in [0.29, 0.717) is 27.6 Å². The molecule has 3 aromatic rings. The fourth-order valence-electron chi connectivity index (χ4n) is 1.47. The number of nitrogens with two attached hydrogens (primary N) is 1. The molecule has 0 spiro atoms. The Balaban J connectivity index is 2.18. The summed E-state index contributed by atoms with van der Waals surface area (Å²) in [7, 11) is 0. The van der Waals surface area contributed by atoms with Crippen LogP contribution in [0.5, 0.6) is 0 Å². The van der Waals surface area contributed by atoms with Gasteiger partial charge in [-0.2, -0.15) is 0 Å². The van der Waals surface area contributed by atoms with Gasteiger partial charge in [0.2, 0.25) is 0 Å². The lowest BCUT2D eigenvalue weighted by atomic mass is 10.4. The summed E-state index contributed by atoms with van der Waals surface area (Å²) in [6, 6.07) is 5.42. The Morgan fingerprint density at radius 3 is 3.00 bits per heavy atom. The first-order chi connectivity index (χ1) is 7.72. The van der Waals surface area contributed by atoms with Crippen molar-refractivity contribution in [2.45, 2.75) is 0 Å². The number of hydrogen-bond acceptors (Lipinski definition) is 4. The first-order valence-corrected chi connectivity index (χ1v) is 5.38. The fraction of sp³-hybridized carbons (Fsp3) is 0. The van der Waals surface area contributed by atoms with Crippen molar-refractivity contribution in [3.8, 4) is 11.6 Å². The Hall–Kier alpha value is -1.82. The first-order valence-electron chi connectivity index (χ1n) is 4.59. The number of H-pyrrole nitrogens is 1. The summed E-state index contributed by atoms with van der Waals surface area (Å²) in [5, 5.41) is 0. The maximum atomic E-state index is 5.63. The number of rotatable bonds is 1. The van der Waals surface area contributed by atoms with E-state index in [9.17, 15) is 0 Å². The third kappa shape index (κ3) is 1.47. The largest absolute Gasteiger partial charge is 0.446 e.